The summed E-state index contributed by atoms with van der Waals surface area (Å²) in [5.74, 6) is -0.395. The monoisotopic (exact) mass is 332 g/mol. The van der Waals surface area contributed by atoms with Crippen molar-refractivity contribution in [1.82, 2.24) is 15.1 Å². The minimum atomic E-state index is -0.198. The molecule has 1 unspecified atom stereocenters. The lowest BCUT2D eigenvalue weighted by molar-refractivity contribution is -0.122. The predicted octanol–water partition coefficient (Wildman–Crippen LogP) is 1.62. The van der Waals surface area contributed by atoms with Crippen molar-refractivity contribution < 1.29 is 14.3 Å². The molecule has 0 aliphatic heterocycles. The normalized spacial score (nSPS) is 16.5. The van der Waals surface area contributed by atoms with Gasteiger partial charge in [-0.3, -0.25) is 9.48 Å². The fourth-order valence-corrected chi connectivity index (χ4v) is 3.06. The molecule has 1 heterocycles. The van der Waals surface area contributed by atoms with Crippen LogP contribution in [0.15, 0.2) is 30.6 Å². The van der Waals surface area contributed by atoms with E-state index in [1.54, 1.807) is 23.1 Å². The second kappa shape index (κ2) is 7.44. The molecule has 0 spiro atoms. The molecule has 1 atom stereocenters. The number of nitrogens with one attached hydrogen (secondary N) is 2. The molecule has 0 fully saturated rings. The Bertz CT molecular complexity index is 716. The van der Waals surface area contributed by atoms with E-state index in [4.69, 9.17) is 5.11 Å². The number of hydrogen-bond acceptors (Lipinski definition) is 4. The number of anilines is 1. The zero-order chi connectivity index (χ0) is 16.9. The van der Waals surface area contributed by atoms with E-state index in [0.29, 0.717) is 0 Å². The highest BCUT2D eigenvalue weighted by Crippen LogP contribution is 2.32. The molecule has 1 aromatic carbocycles. The van der Waals surface area contributed by atoms with E-state index in [-0.39, 0.29) is 37.5 Å². The molecule has 1 aliphatic carbocycles. The lowest BCUT2D eigenvalue weighted by atomic mass is 9.87. The summed E-state index contributed by atoms with van der Waals surface area (Å²) in [5, 5.41) is 18.9. The molecule has 1 amide bonds. The van der Waals surface area contributed by atoms with Crippen molar-refractivity contribution in [3.05, 3.63) is 47.5 Å². The zero-order valence-corrected chi connectivity index (χ0v) is 13.3. The number of aliphatic hydroxyl groups is 1. The first kappa shape index (κ1) is 16.4. The Morgan fingerprint density at radius 1 is 1.46 bits per heavy atom. The number of hydrogen-bond donors (Lipinski definition) is 3. The number of aryl methyl sites for hydroxylation is 1. The number of amides is 1. The minimum Gasteiger partial charge on any atom is -0.395 e. The van der Waals surface area contributed by atoms with Gasteiger partial charge in [-0.15, -0.1) is 0 Å². The summed E-state index contributed by atoms with van der Waals surface area (Å²) >= 11 is 0. The van der Waals surface area contributed by atoms with Crippen LogP contribution in [0.5, 0.6) is 0 Å². The van der Waals surface area contributed by atoms with Crippen molar-refractivity contribution in [3.63, 3.8) is 0 Å². The Morgan fingerprint density at radius 3 is 3.17 bits per heavy atom. The molecule has 1 aliphatic rings. The van der Waals surface area contributed by atoms with Crippen molar-refractivity contribution in [1.29, 1.82) is 0 Å². The molecule has 24 heavy (non-hydrogen) atoms. The maximum Gasteiger partial charge on any atom is 0.241 e. The summed E-state index contributed by atoms with van der Waals surface area (Å²) in [7, 11) is 0. The maximum absolute atomic E-state index is 13.4. The van der Waals surface area contributed by atoms with Crippen molar-refractivity contribution in [2.45, 2.75) is 31.8 Å². The first-order valence-corrected chi connectivity index (χ1v) is 8.10. The van der Waals surface area contributed by atoms with Gasteiger partial charge in [-0.2, -0.15) is 5.10 Å². The highest BCUT2D eigenvalue weighted by molar-refractivity contribution is 5.75. The molecule has 0 saturated heterocycles. The summed E-state index contributed by atoms with van der Waals surface area (Å²) < 4.78 is 14.9. The van der Waals surface area contributed by atoms with Crippen LogP contribution in [0.1, 0.15) is 30.0 Å². The summed E-state index contributed by atoms with van der Waals surface area (Å²) in [5.41, 5.74) is 3.00. The quantitative estimate of drug-likeness (QED) is 0.751. The second-order valence-electron chi connectivity index (χ2n) is 5.93. The van der Waals surface area contributed by atoms with Gasteiger partial charge in [0.25, 0.3) is 0 Å². The van der Waals surface area contributed by atoms with Crippen LogP contribution in [0, 0.1) is 5.82 Å². The third-order valence-electron chi connectivity index (χ3n) is 4.13. The molecule has 1 aromatic heterocycles. The zero-order valence-electron chi connectivity index (χ0n) is 13.3. The number of carbonyl (C=O) groups is 1. The van der Waals surface area contributed by atoms with E-state index < -0.39 is 0 Å². The Labute approximate surface area is 139 Å². The highest BCUT2D eigenvalue weighted by Gasteiger charge is 2.21. The van der Waals surface area contributed by atoms with E-state index in [2.05, 4.69) is 15.7 Å². The van der Waals surface area contributed by atoms with Crippen LogP contribution in [0.2, 0.25) is 0 Å². The number of nitrogens with zero attached hydrogens (tertiary/aromatic N) is 2. The average Bonchev–Trinajstić information content (AvgIpc) is 2.99. The molecular formula is C17H21FN4O2. The first-order chi connectivity index (χ1) is 11.7. The average molecular weight is 332 g/mol. The predicted molar refractivity (Wildman–Crippen MR) is 88.0 cm³/mol. The van der Waals surface area contributed by atoms with Crippen LogP contribution in [-0.2, 0) is 17.8 Å². The smallest absolute Gasteiger partial charge is 0.241 e. The third-order valence-corrected chi connectivity index (χ3v) is 4.13. The van der Waals surface area contributed by atoms with Crippen LogP contribution in [0.25, 0.3) is 0 Å². The van der Waals surface area contributed by atoms with Gasteiger partial charge in [0.1, 0.15) is 12.4 Å². The molecule has 3 N–H and O–H groups in total. The molecular weight excluding hydrogens is 311 g/mol. The molecule has 0 bridgehead atoms. The van der Waals surface area contributed by atoms with Crippen LogP contribution < -0.4 is 10.6 Å². The van der Waals surface area contributed by atoms with Crippen molar-refractivity contribution >= 4 is 11.6 Å². The van der Waals surface area contributed by atoms with Gasteiger partial charge >= 0.3 is 0 Å². The van der Waals surface area contributed by atoms with Gasteiger partial charge in [-0.25, -0.2) is 4.39 Å². The molecule has 128 valence electrons. The van der Waals surface area contributed by atoms with E-state index in [0.717, 1.165) is 36.1 Å². The maximum atomic E-state index is 13.4. The van der Waals surface area contributed by atoms with Crippen LogP contribution in [0.4, 0.5) is 10.1 Å². The SMILES string of the molecule is O=C(Cn1cc(NC2CCCc3cc(F)ccc32)cn1)NCCO. The highest BCUT2D eigenvalue weighted by atomic mass is 19.1. The molecule has 0 saturated carbocycles. The van der Waals surface area contributed by atoms with E-state index in [9.17, 15) is 9.18 Å². The number of aromatic nitrogens is 2. The first-order valence-electron chi connectivity index (χ1n) is 8.10. The fourth-order valence-electron chi connectivity index (χ4n) is 3.06. The van der Waals surface area contributed by atoms with Crippen LogP contribution in [0.3, 0.4) is 0 Å². The molecule has 3 rings (SSSR count). The van der Waals surface area contributed by atoms with Gasteiger partial charge in [-0.1, -0.05) is 6.07 Å². The van der Waals surface area contributed by atoms with E-state index in [1.165, 1.54) is 6.07 Å². The molecule has 6 nitrogen and oxygen atoms in total. The Hall–Kier alpha value is -2.41. The van der Waals surface area contributed by atoms with Crippen LogP contribution in [-0.4, -0.2) is 33.9 Å². The van der Waals surface area contributed by atoms with E-state index in [1.807, 2.05) is 6.07 Å². The third kappa shape index (κ3) is 3.91. The Kier molecular flexibility index (Phi) is 5.10. The Morgan fingerprint density at radius 2 is 2.33 bits per heavy atom. The van der Waals surface area contributed by atoms with Crippen LogP contribution >= 0.6 is 0 Å². The lowest BCUT2D eigenvalue weighted by Gasteiger charge is -2.26. The van der Waals surface area contributed by atoms with Crippen molar-refractivity contribution in [2.75, 3.05) is 18.5 Å². The summed E-state index contributed by atoms with van der Waals surface area (Å²) in [6.45, 7) is 0.258. The van der Waals surface area contributed by atoms with Gasteiger partial charge in [0.05, 0.1) is 24.5 Å². The number of benzene rings is 1. The fraction of sp³-hybridized carbons (Fsp3) is 0.412. The largest absolute Gasteiger partial charge is 0.395 e. The van der Waals surface area contributed by atoms with Gasteiger partial charge < -0.3 is 15.7 Å². The lowest BCUT2D eigenvalue weighted by Crippen LogP contribution is -2.30. The van der Waals surface area contributed by atoms with E-state index >= 15 is 0 Å². The number of fused-ring (bicyclic) bond motifs is 1. The Balaban J connectivity index is 1.64. The standard InChI is InChI=1S/C17H21FN4O2/c18-13-4-5-15-12(8-13)2-1-3-16(15)21-14-9-20-22(10-14)11-17(24)19-6-7-23/h4-5,8-10,16,21,23H,1-3,6-7,11H2,(H,19,24). The topological polar surface area (TPSA) is 79.2 Å². The summed E-state index contributed by atoms with van der Waals surface area (Å²) in [6.07, 6.45) is 6.33. The van der Waals surface area contributed by atoms with Gasteiger partial charge in [0, 0.05) is 12.7 Å². The number of aliphatic hydroxyl groups excluding tert-OH is 1. The number of carbonyl (C=O) groups excluding carboxylic acids is 1. The van der Waals surface area contributed by atoms with Crippen molar-refractivity contribution in [3.8, 4) is 0 Å². The number of halogens is 1. The van der Waals surface area contributed by atoms with Crippen molar-refractivity contribution in [2.24, 2.45) is 0 Å². The second-order valence-corrected chi connectivity index (χ2v) is 5.93. The number of rotatable bonds is 6. The summed E-state index contributed by atoms with van der Waals surface area (Å²) in [6, 6.07) is 5.07. The summed E-state index contributed by atoms with van der Waals surface area (Å²) in [4.78, 5) is 11.6. The molecule has 2 aromatic rings. The minimum absolute atomic E-state index is 0.0840. The van der Waals surface area contributed by atoms with Gasteiger partial charge in [-0.05, 0) is 42.5 Å². The molecule has 7 heteroatoms. The molecule has 0 radical (unpaired) electrons. The van der Waals surface area contributed by atoms with Gasteiger partial charge in [0.2, 0.25) is 5.91 Å². The van der Waals surface area contributed by atoms with Gasteiger partial charge in [0.15, 0.2) is 0 Å².